The maximum absolute atomic E-state index is 12.3. The number of aromatic hydroxyl groups is 1. The molecule has 2 rings (SSSR count). The summed E-state index contributed by atoms with van der Waals surface area (Å²) >= 11 is 0. The first kappa shape index (κ1) is 22.9. The molecule has 0 saturated carbocycles. The summed E-state index contributed by atoms with van der Waals surface area (Å²) in [5, 5.41) is 10.6. The molecule has 0 spiro atoms. The van der Waals surface area contributed by atoms with Crippen LogP contribution in [0.5, 0.6) is 11.5 Å². The van der Waals surface area contributed by atoms with Crippen molar-refractivity contribution >= 4 is 11.8 Å². The van der Waals surface area contributed by atoms with Crippen LogP contribution in [-0.2, 0) is 32.0 Å². The molecule has 0 fully saturated rings. The van der Waals surface area contributed by atoms with Crippen LogP contribution < -0.4 is 4.74 Å². The fourth-order valence-electron chi connectivity index (χ4n) is 3.38. The number of rotatable bonds is 11. The van der Waals surface area contributed by atoms with Gasteiger partial charge in [0.2, 0.25) is 6.29 Å². The highest BCUT2D eigenvalue weighted by atomic mass is 16.7. The molecule has 0 amide bonds. The topological polar surface area (TPSA) is 91.3 Å². The quantitative estimate of drug-likeness (QED) is 0.341. The first-order valence-electron chi connectivity index (χ1n) is 9.85. The molecule has 1 aromatic rings. The number of carbonyl (C=O) groups is 2. The number of phenolic OH excluding ortho intramolecular Hbond substituents is 1. The molecule has 7 heteroatoms. The third-order valence-electron chi connectivity index (χ3n) is 4.97. The van der Waals surface area contributed by atoms with Crippen molar-refractivity contribution in [1.29, 1.82) is 0 Å². The van der Waals surface area contributed by atoms with E-state index in [1.54, 1.807) is 0 Å². The van der Waals surface area contributed by atoms with E-state index in [2.05, 4.69) is 0 Å². The lowest BCUT2D eigenvalue weighted by Crippen LogP contribution is -2.27. The lowest BCUT2D eigenvalue weighted by Gasteiger charge is -2.16. The first-order valence-corrected chi connectivity index (χ1v) is 9.85. The second-order valence-corrected chi connectivity index (χ2v) is 6.88. The van der Waals surface area contributed by atoms with Gasteiger partial charge in [0.1, 0.15) is 23.7 Å². The Morgan fingerprint density at radius 2 is 1.90 bits per heavy atom. The van der Waals surface area contributed by atoms with Crippen LogP contribution in [0, 0.1) is 6.92 Å². The number of ketones is 1. The van der Waals surface area contributed by atoms with Crippen LogP contribution >= 0.6 is 0 Å². The average Bonchev–Trinajstić information content (AvgIpc) is 3.09. The van der Waals surface area contributed by atoms with Crippen molar-refractivity contribution in [3.8, 4) is 11.5 Å². The van der Waals surface area contributed by atoms with Gasteiger partial charge in [-0.25, -0.2) is 4.79 Å². The minimum atomic E-state index is -0.827. The molecule has 0 bridgehead atoms. The maximum atomic E-state index is 12.3. The highest BCUT2D eigenvalue weighted by Crippen LogP contribution is 2.42. The van der Waals surface area contributed by atoms with Gasteiger partial charge in [-0.3, -0.25) is 4.79 Å². The predicted octanol–water partition coefficient (Wildman–Crippen LogP) is 3.62. The number of benzene rings is 1. The van der Waals surface area contributed by atoms with E-state index in [1.807, 2.05) is 33.8 Å². The van der Waals surface area contributed by atoms with Gasteiger partial charge < -0.3 is 24.1 Å². The zero-order chi connectivity index (χ0) is 21.6. The maximum Gasteiger partial charge on any atom is 0.342 e. The van der Waals surface area contributed by atoms with E-state index >= 15 is 0 Å². The summed E-state index contributed by atoms with van der Waals surface area (Å²) in [6.45, 7) is 8.36. The zero-order valence-corrected chi connectivity index (χ0v) is 17.8. The smallest absolute Gasteiger partial charge is 0.342 e. The van der Waals surface area contributed by atoms with Gasteiger partial charge in [-0.05, 0) is 46.1 Å². The van der Waals surface area contributed by atoms with E-state index in [1.165, 1.54) is 7.11 Å². The SMILES string of the molecule is CCOC(OCC)C(=O)CC/C(C)=C/Cc1c(O)c2c(c(C)c1OC)COC2=O. The van der Waals surface area contributed by atoms with Gasteiger partial charge in [-0.1, -0.05) is 11.6 Å². The molecule has 0 saturated heterocycles. The fourth-order valence-corrected chi connectivity index (χ4v) is 3.38. The third-order valence-corrected chi connectivity index (χ3v) is 4.97. The molecule has 1 aliphatic rings. The van der Waals surface area contributed by atoms with Crippen molar-refractivity contribution < 1.29 is 33.6 Å². The lowest BCUT2D eigenvalue weighted by atomic mass is 9.94. The van der Waals surface area contributed by atoms with E-state index in [0.29, 0.717) is 49.4 Å². The summed E-state index contributed by atoms with van der Waals surface area (Å²) in [6.07, 6.45) is 2.31. The van der Waals surface area contributed by atoms with Gasteiger partial charge in [-0.2, -0.15) is 0 Å². The Bertz CT molecular complexity index is 789. The van der Waals surface area contributed by atoms with Crippen LogP contribution in [0.25, 0.3) is 0 Å². The molecular weight excluding hydrogens is 376 g/mol. The monoisotopic (exact) mass is 406 g/mol. The van der Waals surface area contributed by atoms with Gasteiger partial charge in [0.25, 0.3) is 0 Å². The van der Waals surface area contributed by atoms with Gasteiger partial charge in [0, 0.05) is 30.8 Å². The standard InChI is InChI=1S/C22H30O7/c1-6-27-22(28-7-2)17(23)11-9-13(3)8-10-15-19(24)18-16(12-29-21(18)25)14(4)20(15)26-5/h8,22,24H,6-7,9-12H2,1-5H3/b13-8+. The number of Topliss-reactive ketones (excluding diaryl/α,β-unsaturated/α-hetero) is 1. The number of phenols is 1. The van der Waals surface area contributed by atoms with E-state index < -0.39 is 12.3 Å². The van der Waals surface area contributed by atoms with Gasteiger partial charge in [-0.15, -0.1) is 0 Å². The number of ether oxygens (including phenoxy) is 4. The summed E-state index contributed by atoms with van der Waals surface area (Å²) in [7, 11) is 1.53. The number of hydrogen-bond acceptors (Lipinski definition) is 7. The Morgan fingerprint density at radius 3 is 2.48 bits per heavy atom. The predicted molar refractivity (Wildman–Crippen MR) is 107 cm³/mol. The Morgan fingerprint density at radius 1 is 1.24 bits per heavy atom. The summed E-state index contributed by atoms with van der Waals surface area (Å²) < 4.78 is 21.2. The summed E-state index contributed by atoms with van der Waals surface area (Å²) in [6, 6.07) is 0. The number of methoxy groups -OCH3 is 1. The normalized spacial score (nSPS) is 13.6. The number of hydrogen-bond donors (Lipinski definition) is 1. The molecule has 1 aromatic carbocycles. The van der Waals surface area contributed by atoms with Crippen molar-refractivity contribution in [2.75, 3.05) is 20.3 Å². The van der Waals surface area contributed by atoms with Crippen LogP contribution in [0.2, 0.25) is 0 Å². The Kier molecular flexibility index (Phi) is 8.22. The molecule has 1 N–H and O–H groups in total. The number of cyclic esters (lactones) is 1. The molecule has 0 unspecified atom stereocenters. The highest BCUT2D eigenvalue weighted by molar-refractivity contribution is 5.98. The van der Waals surface area contributed by atoms with Crippen LogP contribution in [0.4, 0.5) is 0 Å². The lowest BCUT2D eigenvalue weighted by molar-refractivity contribution is -0.167. The van der Waals surface area contributed by atoms with E-state index in [4.69, 9.17) is 18.9 Å². The van der Waals surface area contributed by atoms with Crippen molar-refractivity contribution in [2.45, 2.75) is 59.9 Å². The Balaban J connectivity index is 2.13. The largest absolute Gasteiger partial charge is 0.507 e. The van der Waals surface area contributed by atoms with Gasteiger partial charge in [0.05, 0.1) is 7.11 Å². The van der Waals surface area contributed by atoms with E-state index in [9.17, 15) is 14.7 Å². The summed E-state index contributed by atoms with van der Waals surface area (Å²) in [5.74, 6) is -0.169. The zero-order valence-electron chi connectivity index (χ0n) is 17.8. The summed E-state index contributed by atoms with van der Waals surface area (Å²) in [4.78, 5) is 24.3. The molecule has 0 aliphatic carbocycles. The number of carbonyl (C=O) groups excluding carboxylic acids is 2. The van der Waals surface area contributed by atoms with Crippen LogP contribution in [0.15, 0.2) is 11.6 Å². The Hall–Kier alpha value is -2.38. The molecule has 0 radical (unpaired) electrons. The van der Waals surface area contributed by atoms with Crippen molar-refractivity contribution in [3.63, 3.8) is 0 Å². The van der Waals surface area contributed by atoms with Gasteiger partial charge >= 0.3 is 5.97 Å². The second-order valence-electron chi connectivity index (χ2n) is 6.88. The molecule has 0 atom stereocenters. The van der Waals surface area contributed by atoms with Crippen LogP contribution in [0.3, 0.4) is 0 Å². The number of fused-ring (bicyclic) bond motifs is 1. The molecule has 0 aromatic heterocycles. The minimum absolute atomic E-state index is 0.0991. The van der Waals surface area contributed by atoms with Gasteiger partial charge in [0.15, 0.2) is 5.78 Å². The Labute approximate surface area is 171 Å². The molecule has 29 heavy (non-hydrogen) atoms. The second kappa shape index (κ2) is 10.4. The highest BCUT2D eigenvalue weighted by Gasteiger charge is 2.31. The third kappa shape index (κ3) is 5.16. The fraction of sp³-hybridized carbons (Fsp3) is 0.545. The summed E-state index contributed by atoms with van der Waals surface area (Å²) in [5.41, 5.74) is 3.19. The molecule has 1 heterocycles. The van der Waals surface area contributed by atoms with Crippen molar-refractivity contribution in [2.24, 2.45) is 0 Å². The van der Waals surface area contributed by atoms with Crippen molar-refractivity contribution in [3.05, 3.63) is 33.9 Å². The van der Waals surface area contributed by atoms with Crippen LogP contribution in [-0.4, -0.2) is 43.5 Å². The first-order chi connectivity index (χ1) is 13.8. The minimum Gasteiger partial charge on any atom is -0.507 e. The number of allylic oxidation sites excluding steroid dienone is 2. The molecule has 160 valence electrons. The van der Waals surface area contributed by atoms with E-state index in [-0.39, 0.29) is 23.7 Å². The molecule has 1 aliphatic heterocycles. The molecule has 7 nitrogen and oxygen atoms in total. The van der Waals surface area contributed by atoms with Crippen molar-refractivity contribution in [1.82, 2.24) is 0 Å². The number of esters is 1. The average molecular weight is 406 g/mol. The molecular formula is C22H30O7. The van der Waals surface area contributed by atoms with E-state index in [0.717, 1.165) is 11.1 Å². The van der Waals surface area contributed by atoms with Crippen LogP contribution in [0.1, 0.15) is 60.7 Å².